The lowest BCUT2D eigenvalue weighted by Gasteiger charge is -2.19. The first-order valence-electron chi connectivity index (χ1n) is 13.2. The van der Waals surface area contributed by atoms with E-state index in [-0.39, 0.29) is 12.2 Å². The van der Waals surface area contributed by atoms with Crippen LogP contribution >= 0.6 is 0 Å². The van der Waals surface area contributed by atoms with Gasteiger partial charge in [-0.1, -0.05) is 90.9 Å². The van der Waals surface area contributed by atoms with Gasteiger partial charge in [-0.3, -0.25) is 0 Å². The Morgan fingerprint density at radius 2 is 0.667 bits per heavy atom. The number of aliphatic hydroxyl groups is 4. The quantitative estimate of drug-likeness (QED) is 0.144. The van der Waals surface area contributed by atoms with E-state index in [9.17, 15) is 20.4 Å². The summed E-state index contributed by atoms with van der Waals surface area (Å²) in [5.41, 5.74) is 0. The Kier molecular flexibility index (Phi) is 21.9. The molecule has 0 amide bonds. The highest BCUT2D eigenvalue weighted by Gasteiger charge is 2.17. The molecule has 4 nitrogen and oxygen atoms in total. The topological polar surface area (TPSA) is 80.9 Å². The van der Waals surface area contributed by atoms with Crippen LogP contribution in [0.3, 0.4) is 0 Å². The number of unbranched alkanes of at least 4 members (excludes halogenated alkanes) is 10. The molecule has 0 spiro atoms. The molecule has 0 heterocycles. The summed E-state index contributed by atoms with van der Waals surface area (Å²) in [6.07, 6.45) is 18.5. The van der Waals surface area contributed by atoms with Crippen LogP contribution in [0.1, 0.15) is 142 Å². The second-order valence-corrected chi connectivity index (χ2v) is 9.42. The zero-order chi connectivity index (χ0) is 22.5. The Labute approximate surface area is 187 Å². The first-order valence-corrected chi connectivity index (χ1v) is 13.2. The van der Waals surface area contributed by atoms with Gasteiger partial charge in [0.2, 0.25) is 0 Å². The molecule has 0 aliphatic heterocycles. The van der Waals surface area contributed by atoms with E-state index < -0.39 is 12.2 Å². The van der Waals surface area contributed by atoms with E-state index in [1.807, 2.05) is 0 Å². The summed E-state index contributed by atoms with van der Waals surface area (Å²) in [6, 6.07) is 0. The van der Waals surface area contributed by atoms with Gasteiger partial charge in [0.25, 0.3) is 0 Å². The number of hydrogen-bond acceptors (Lipinski definition) is 4. The van der Waals surface area contributed by atoms with Crippen molar-refractivity contribution in [3.63, 3.8) is 0 Å². The predicted octanol–water partition coefficient (Wildman–Crippen LogP) is 6.27. The molecule has 0 rings (SSSR count). The highest BCUT2D eigenvalue weighted by molar-refractivity contribution is 4.70. The molecule has 4 atom stereocenters. The van der Waals surface area contributed by atoms with E-state index in [1.165, 1.54) is 64.2 Å². The van der Waals surface area contributed by atoms with Crippen LogP contribution in [-0.4, -0.2) is 44.8 Å². The maximum atomic E-state index is 10.1. The molecule has 0 fully saturated rings. The molecule has 0 aromatic carbocycles. The molecule has 4 N–H and O–H groups in total. The van der Waals surface area contributed by atoms with Gasteiger partial charge in [-0.25, -0.2) is 0 Å². The fourth-order valence-electron chi connectivity index (χ4n) is 4.12. The number of hydrogen-bond donors (Lipinski definition) is 4. The van der Waals surface area contributed by atoms with E-state index in [4.69, 9.17) is 0 Å². The molecule has 0 radical (unpaired) electrons. The van der Waals surface area contributed by atoms with E-state index in [0.717, 1.165) is 38.5 Å². The Hall–Kier alpha value is -0.160. The van der Waals surface area contributed by atoms with Gasteiger partial charge in [0.15, 0.2) is 0 Å². The lowest BCUT2D eigenvalue weighted by molar-refractivity contribution is 0.00316. The summed E-state index contributed by atoms with van der Waals surface area (Å²) >= 11 is 0. The van der Waals surface area contributed by atoms with Gasteiger partial charge >= 0.3 is 0 Å². The minimum absolute atomic E-state index is 0.280. The molecule has 4 heteroatoms. The van der Waals surface area contributed by atoms with Crippen LogP contribution in [0.2, 0.25) is 0 Å². The van der Waals surface area contributed by atoms with Gasteiger partial charge in [0.1, 0.15) is 0 Å². The van der Waals surface area contributed by atoms with Gasteiger partial charge in [-0.2, -0.15) is 0 Å². The molecular formula is C26H54O4. The van der Waals surface area contributed by atoms with E-state index in [2.05, 4.69) is 13.8 Å². The van der Waals surface area contributed by atoms with Crippen LogP contribution in [-0.2, 0) is 0 Å². The summed E-state index contributed by atoms with van der Waals surface area (Å²) < 4.78 is 0. The highest BCUT2D eigenvalue weighted by atomic mass is 16.3. The van der Waals surface area contributed by atoms with Crippen LogP contribution in [0.25, 0.3) is 0 Å². The van der Waals surface area contributed by atoms with Gasteiger partial charge in [0, 0.05) is 0 Å². The largest absolute Gasteiger partial charge is 0.393 e. The van der Waals surface area contributed by atoms with Gasteiger partial charge in [-0.05, 0) is 51.4 Å². The normalized spacial score (nSPS) is 15.8. The molecule has 0 aromatic heterocycles. The van der Waals surface area contributed by atoms with Crippen LogP contribution in [0, 0.1) is 0 Å². The van der Waals surface area contributed by atoms with E-state index >= 15 is 0 Å². The number of rotatable bonds is 23. The molecule has 0 bridgehead atoms. The Bertz CT molecular complexity index is 305. The van der Waals surface area contributed by atoms with Crippen molar-refractivity contribution in [3.05, 3.63) is 0 Å². The summed E-state index contributed by atoms with van der Waals surface area (Å²) in [6.45, 7) is 4.44. The van der Waals surface area contributed by atoms with Crippen LogP contribution < -0.4 is 0 Å². The zero-order valence-electron chi connectivity index (χ0n) is 20.2. The smallest absolute Gasteiger partial charge is 0.0799 e. The highest BCUT2D eigenvalue weighted by Crippen LogP contribution is 2.17. The second kappa shape index (κ2) is 22.0. The lowest BCUT2D eigenvalue weighted by Crippen LogP contribution is -2.26. The average molecular weight is 431 g/mol. The molecule has 0 aliphatic carbocycles. The van der Waals surface area contributed by atoms with Crippen molar-refractivity contribution in [2.45, 2.75) is 167 Å². The molecule has 0 aliphatic rings. The van der Waals surface area contributed by atoms with Gasteiger partial charge < -0.3 is 20.4 Å². The lowest BCUT2D eigenvalue weighted by atomic mass is 9.97. The van der Waals surface area contributed by atoms with Crippen LogP contribution in [0.5, 0.6) is 0 Å². The standard InChI is InChI=1S/C26H54O4/c1-3-5-7-9-11-13-17-23(27)19-15-21-25(29)26(30)22-16-20-24(28)18-14-12-10-8-6-4-2/h23-30H,3-22H2,1-2H3. The SMILES string of the molecule is CCCCCCCCC(O)CCCC(O)C(O)CCCC(O)CCCCCCCC. The van der Waals surface area contributed by atoms with Crippen molar-refractivity contribution < 1.29 is 20.4 Å². The Morgan fingerprint density at radius 1 is 0.367 bits per heavy atom. The fraction of sp³-hybridized carbons (Fsp3) is 1.00. The molecule has 182 valence electrons. The Morgan fingerprint density at radius 3 is 1.03 bits per heavy atom. The van der Waals surface area contributed by atoms with Crippen LogP contribution in [0.15, 0.2) is 0 Å². The van der Waals surface area contributed by atoms with Gasteiger partial charge in [0.05, 0.1) is 24.4 Å². The van der Waals surface area contributed by atoms with Crippen molar-refractivity contribution in [1.29, 1.82) is 0 Å². The first kappa shape index (κ1) is 29.8. The third kappa shape index (κ3) is 19.8. The van der Waals surface area contributed by atoms with Crippen LogP contribution in [0.4, 0.5) is 0 Å². The summed E-state index contributed by atoms with van der Waals surface area (Å²) in [4.78, 5) is 0. The first-order chi connectivity index (χ1) is 14.5. The van der Waals surface area contributed by atoms with Crippen molar-refractivity contribution in [1.82, 2.24) is 0 Å². The zero-order valence-corrected chi connectivity index (χ0v) is 20.2. The average Bonchev–Trinajstić information content (AvgIpc) is 2.72. The van der Waals surface area contributed by atoms with Crippen molar-refractivity contribution in [2.24, 2.45) is 0 Å². The maximum absolute atomic E-state index is 10.1. The van der Waals surface area contributed by atoms with Crippen molar-refractivity contribution in [2.75, 3.05) is 0 Å². The summed E-state index contributed by atoms with van der Waals surface area (Å²) in [5, 5.41) is 40.4. The van der Waals surface area contributed by atoms with Gasteiger partial charge in [-0.15, -0.1) is 0 Å². The molecular weight excluding hydrogens is 376 g/mol. The minimum atomic E-state index is -0.720. The van der Waals surface area contributed by atoms with Crippen molar-refractivity contribution in [3.8, 4) is 0 Å². The molecule has 30 heavy (non-hydrogen) atoms. The Balaban J connectivity index is 3.59. The summed E-state index contributed by atoms with van der Waals surface area (Å²) in [5.74, 6) is 0. The molecule has 0 aromatic rings. The van der Waals surface area contributed by atoms with Crippen molar-refractivity contribution >= 4 is 0 Å². The maximum Gasteiger partial charge on any atom is 0.0799 e. The van der Waals surface area contributed by atoms with E-state index in [0.29, 0.717) is 25.7 Å². The van der Waals surface area contributed by atoms with E-state index in [1.54, 1.807) is 0 Å². The second-order valence-electron chi connectivity index (χ2n) is 9.42. The third-order valence-corrected chi connectivity index (χ3v) is 6.30. The monoisotopic (exact) mass is 430 g/mol. The molecule has 0 saturated heterocycles. The minimum Gasteiger partial charge on any atom is -0.393 e. The molecule has 0 saturated carbocycles. The molecule has 4 unspecified atom stereocenters. The predicted molar refractivity (Wildman–Crippen MR) is 128 cm³/mol. The number of aliphatic hydroxyl groups excluding tert-OH is 4. The summed E-state index contributed by atoms with van der Waals surface area (Å²) in [7, 11) is 0. The third-order valence-electron chi connectivity index (χ3n) is 6.30. The fourth-order valence-corrected chi connectivity index (χ4v) is 4.12.